The van der Waals surface area contributed by atoms with Crippen LogP contribution in [0.4, 0.5) is 0 Å². The summed E-state index contributed by atoms with van der Waals surface area (Å²) in [5.41, 5.74) is 0. The first-order chi connectivity index (χ1) is 5.79. The van der Waals surface area contributed by atoms with E-state index in [1.54, 1.807) is 0 Å². The molecule has 70 valence electrons. The van der Waals surface area contributed by atoms with E-state index < -0.39 is 5.97 Å². The molecule has 0 aromatic heterocycles. The van der Waals surface area contributed by atoms with Gasteiger partial charge in [0.2, 0.25) is 0 Å². The van der Waals surface area contributed by atoms with Gasteiger partial charge in [-0.2, -0.15) is 0 Å². The highest BCUT2D eigenvalue weighted by atomic mass is 16.5. The maximum absolute atomic E-state index is 10.1. The van der Waals surface area contributed by atoms with Gasteiger partial charge in [0.1, 0.15) is 0 Å². The van der Waals surface area contributed by atoms with Crippen LogP contribution in [-0.4, -0.2) is 37.0 Å². The molecule has 1 aliphatic heterocycles. The first kappa shape index (κ1) is 9.48. The fraction of sp³-hybridized carbons (Fsp3) is 0.875. The fourth-order valence-corrected chi connectivity index (χ4v) is 1.15. The lowest BCUT2D eigenvalue weighted by atomic mass is 10.2. The van der Waals surface area contributed by atoms with Crippen molar-refractivity contribution < 1.29 is 19.4 Å². The van der Waals surface area contributed by atoms with Gasteiger partial charge in [-0.1, -0.05) is 0 Å². The molecule has 1 fully saturated rings. The van der Waals surface area contributed by atoms with Crippen LogP contribution in [0.2, 0.25) is 0 Å². The highest BCUT2D eigenvalue weighted by Crippen LogP contribution is 2.11. The zero-order valence-electron chi connectivity index (χ0n) is 6.99. The third kappa shape index (κ3) is 3.69. The van der Waals surface area contributed by atoms with Gasteiger partial charge < -0.3 is 14.6 Å². The smallest absolute Gasteiger partial charge is 0.305 e. The zero-order chi connectivity index (χ0) is 8.81. The number of rotatable bonds is 5. The molecule has 0 aromatic rings. The van der Waals surface area contributed by atoms with Gasteiger partial charge in [-0.15, -0.1) is 0 Å². The number of aliphatic carboxylic acids is 1. The van der Waals surface area contributed by atoms with Crippen LogP contribution in [0.15, 0.2) is 0 Å². The highest BCUT2D eigenvalue weighted by molar-refractivity contribution is 5.66. The second-order valence-corrected chi connectivity index (χ2v) is 2.85. The Balaban J connectivity index is 1.91. The maximum atomic E-state index is 10.1. The van der Waals surface area contributed by atoms with Crippen molar-refractivity contribution in [3.63, 3.8) is 0 Å². The van der Waals surface area contributed by atoms with E-state index in [1.165, 1.54) is 0 Å². The van der Waals surface area contributed by atoms with Crippen molar-refractivity contribution >= 4 is 5.97 Å². The van der Waals surface area contributed by atoms with E-state index in [1.807, 2.05) is 0 Å². The summed E-state index contributed by atoms with van der Waals surface area (Å²) in [6.45, 7) is 1.63. The number of carboxylic acid groups (broad SMARTS) is 1. The molecule has 0 aliphatic carbocycles. The number of hydrogen-bond acceptors (Lipinski definition) is 3. The molecule has 0 saturated carbocycles. The molecule has 0 unspecified atom stereocenters. The minimum atomic E-state index is -0.817. The highest BCUT2D eigenvalue weighted by Gasteiger charge is 2.15. The average Bonchev–Trinajstić information content (AvgIpc) is 2.49. The summed E-state index contributed by atoms with van der Waals surface area (Å²) in [6.07, 6.45) is 2.39. The molecule has 1 heterocycles. The van der Waals surface area contributed by atoms with Gasteiger partial charge in [-0.25, -0.2) is 0 Å². The third-order valence-corrected chi connectivity index (χ3v) is 1.79. The van der Waals surface area contributed by atoms with Crippen LogP contribution in [0, 0.1) is 0 Å². The van der Waals surface area contributed by atoms with Gasteiger partial charge in [0.15, 0.2) is 0 Å². The lowest BCUT2D eigenvalue weighted by molar-refractivity contribution is -0.138. The molecule has 1 N–H and O–H groups in total. The summed E-state index contributed by atoms with van der Waals surface area (Å²) >= 11 is 0. The largest absolute Gasteiger partial charge is 0.481 e. The van der Waals surface area contributed by atoms with Crippen molar-refractivity contribution in [2.75, 3.05) is 19.8 Å². The molecule has 0 aromatic carbocycles. The van der Waals surface area contributed by atoms with Crippen molar-refractivity contribution in [1.29, 1.82) is 0 Å². The Morgan fingerprint density at radius 3 is 3.08 bits per heavy atom. The molecule has 1 atom stereocenters. The zero-order valence-corrected chi connectivity index (χ0v) is 6.99. The molecule has 0 spiro atoms. The molecular formula is C8H14O4. The van der Waals surface area contributed by atoms with E-state index in [4.69, 9.17) is 14.6 Å². The predicted octanol–water partition coefficient (Wildman–Crippen LogP) is 0.657. The predicted molar refractivity (Wildman–Crippen MR) is 42.0 cm³/mol. The quantitative estimate of drug-likeness (QED) is 0.622. The van der Waals surface area contributed by atoms with Gasteiger partial charge in [-0.3, -0.25) is 4.79 Å². The van der Waals surface area contributed by atoms with Crippen molar-refractivity contribution in [2.24, 2.45) is 0 Å². The Bertz CT molecular complexity index is 140. The first-order valence-electron chi connectivity index (χ1n) is 4.20. The van der Waals surface area contributed by atoms with Crippen LogP contribution in [0.1, 0.15) is 19.3 Å². The third-order valence-electron chi connectivity index (χ3n) is 1.79. The normalized spacial score (nSPS) is 22.8. The Morgan fingerprint density at radius 1 is 1.67 bits per heavy atom. The van der Waals surface area contributed by atoms with Crippen LogP contribution in [0.5, 0.6) is 0 Å². The van der Waals surface area contributed by atoms with Gasteiger partial charge >= 0.3 is 5.97 Å². The summed E-state index contributed by atoms with van der Waals surface area (Å²) in [7, 11) is 0. The van der Waals surface area contributed by atoms with E-state index in [2.05, 4.69) is 0 Å². The second-order valence-electron chi connectivity index (χ2n) is 2.85. The van der Waals surface area contributed by atoms with Crippen LogP contribution in [0.3, 0.4) is 0 Å². The summed E-state index contributed by atoms with van der Waals surface area (Å²) in [4.78, 5) is 10.1. The molecule has 1 aliphatic rings. The lowest BCUT2D eigenvalue weighted by Gasteiger charge is -2.08. The minimum Gasteiger partial charge on any atom is -0.481 e. The van der Waals surface area contributed by atoms with E-state index in [-0.39, 0.29) is 19.1 Å². The molecule has 4 heteroatoms. The van der Waals surface area contributed by atoms with Gasteiger partial charge in [0.05, 0.1) is 25.7 Å². The summed E-state index contributed by atoms with van der Waals surface area (Å²) < 4.78 is 10.4. The van der Waals surface area contributed by atoms with Crippen LogP contribution in [-0.2, 0) is 14.3 Å². The van der Waals surface area contributed by atoms with E-state index in [9.17, 15) is 4.79 Å². The molecule has 1 rings (SSSR count). The number of carboxylic acids is 1. The van der Waals surface area contributed by atoms with Gasteiger partial charge in [0.25, 0.3) is 0 Å². The molecule has 4 nitrogen and oxygen atoms in total. The monoisotopic (exact) mass is 174 g/mol. The Kier molecular flexibility index (Phi) is 4.04. The summed E-state index contributed by atoms with van der Waals surface area (Å²) in [6, 6.07) is 0. The average molecular weight is 174 g/mol. The molecule has 0 bridgehead atoms. The number of ether oxygens (including phenoxy) is 2. The molecule has 0 radical (unpaired) electrons. The van der Waals surface area contributed by atoms with Crippen LogP contribution in [0.25, 0.3) is 0 Å². The number of hydrogen-bond donors (Lipinski definition) is 1. The Labute approximate surface area is 71.5 Å². The molecule has 12 heavy (non-hydrogen) atoms. The summed E-state index contributed by atoms with van der Waals surface area (Å²) in [5, 5.41) is 8.29. The van der Waals surface area contributed by atoms with Gasteiger partial charge in [0, 0.05) is 6.61 Å². The maximum Gasteiger partial charge on any atom is 0.305 e. The van der Waals surface area contributed by atoms with Gasteiger partial charge in [-0.05, 0) is 12.8 Å². The van der Waals surface area contributed by atoms with Crippen LogP contribution >= 0.6 is 0 Å². The van der Waals surface area contributed by atoms with Crippen molar-refractivity contribution in [3.05, 3.63) is 0 Å². The Morgan fingerprint density at radius 2 is 2.50 bits per heavy atom. The molecular weight excluding hydrogens is 160 g/mol. The summed E-state index contributed by atoms with van der Waals surface area (Å²) in [5.74, 6) is -0.817. The lowest BCUT2D eigenvalue weighted by Crippen LogP contribution is -2.15. The van der Waals surface area contributed by atoms with Crippen molar-refractivity contribution in [1.82, 2.24) is 0 Å². The van der Waals surface area contributed by atoms with Crippen molar-refractivity contribution in [2.45, 2.75) is 25.4 Å². The second kappa shape index (κ2) is 5.11. The SMILES string of the molecule is O=C(O)CCOC[C@H]1CCCO1. The fourth-order valence-electron chi connectivity index (χ4n) is 1.15. The minimum absolute atomic E-state index is 0.0761. The van der Waals surface area contributed by atoms with E-state index >= 15 is 0 Å². The Hall–Kier alpha value is -0.610. The standard InChI is InChI=1S/C8H14O4/c9-8(10)3-5-11-6-7-2-1-4-12-7/h7H,1-6H2,(H,9,10)/t7-/m1/s1. The molecule has 1 saturated heterocycles. The van der Waals surface area contributed by atoms with Crippen molar-refractivity contribution in [3.8, 4) is 0 Å². The van der Waals surface area contributed by atoms with E-state index in [0.29, 0.717) is 6.61 Å². The van der Waals surface area contributed by atoms with Crippen LogP contribution < -0.4 is 0 Å². The first-order valence-corrected chi connectivity index (χ1v) is 4.20. The topological polar surface area (TPSA) is 55.8 Å². The van der Waals surface area contributed by atoms with E-state index in [0.717, 1.165) is 19.4 Å². The number of carbonyl (C=O) groups is 1. The molecule has 0 amide bonds.